The molecule has 0 unspecified atom stereocenters. The molecule has 2 aromatic rings. The number of carbonyl (C=O) groups is 2. The van der Waals surface area contributed by atoms with Gasteiger partial charge in [0.15, 0.2) is 6.10 Å². The molecule has 0 radical (unpaired) electrons. The van der Waals surface area contributed by atoms with E-state index in [-0.39, 0.29) is 5.91 Å². The second kappa shape index (κ2) is 7.92. The van der Waals surface area contributed by atoms with Crippen LogP contribution in [0.1, 0.15) is 40.4 Å². The summed E-state index contributed by atoms with van der Waals surface area (Å²) in [6.07, 6.45) is 1.13. The van der Waals surface area contributed by atoms with Gasteiger partial charge in [0, 0.05) is 10.6 Å². The first kappa shape index (κ1) is 17.2. The van der Waals surface area contributed by atoms with Crippen LogP contribution in [0.25, 0.3) is 0 Å². The Kier molecular flexibility index (Phi) is 5.93. The molecule has 1 aromatic carbocycles. The molecule has 0 spiro atoms. The van der Waals surface area contributed by atoms with Crippen molar-refractivity contribution < 1.29 is 14.3 Å². The molecule has 23 heavy (non-hydrogen) atoms. The number of amides is 1. The lowest BCUT2D eigenvalue weighted by Gasteiger charge is -2.12. The number of rotatable bonds is 6. The van der Waals surface area contributed by atoms with Crippen LogP contribution in [0.2, 0.25) is 0 Å². The maximum atomic E-state index is 12.2. The molecule has 5 heteroatoms. The zero-order chi connectivity index (χ0) is 16.8. The van der Waals surface area contributed by atoms with Crippen LogP contribution in [0.4, 0.5) is 5.69 Å². The number of aryl methyl sites for hydroxylation is 2. The number of ether oxygens (including phenoxy) is 1. The predicted octanol–water partition coefficient (Wildman–Crippen LogP) is 4.19. The SMILES string of the molecule is CCCc1cc(C(=O)O[C@H](C)C(=O)Nc2ccccc2)sc1C. The third-order valence-electron chi connectivity index (χ3n) is 3.44. The molecule has 2 rings (SSSR count). The van der Waals surface area contributed by atoms with Gasteiger partial charge in [0.2, 0.25) is 0 Å². The van der Waals surface area contributed by atoms with Crippen molar-refractivity contribution >= 4 is 28.9 Å². The van der Waals surface area contributed by atoms with E-state index in [0.29, 0.717) is 10.6 Å². The molecule has 0 aliphatic carbocycles. The highest BCUT2D eigenvalue weighted by atomic mass is 32.1. The summed E-state index contributed by atoms with van der Waals surface area (Å²) in [6.45, 7) is 5.67. The van der Waals surface area contributed by atoms with E-state index in [2.05, 4.69) is 12.2 Å². The topological polar surface area (TPSA) is 55.4 Å². The average Bonchev–Trinajstić information content (AvgIpc) is 2.90. The van der Waals surface area contributed by atoms with Crippen molar-refractivity contribution in [2.75, 3.05) is 5.32 Å². The Balaban J connectivity index is 1.96. The third-order valence-corrected chi connectivity index (χ3v) is 4.51. The first-order chi connectivity index (χ1) is 11.0. The Hall–Kier alpha value is -2.14. The second-order valence-corrected chi connectivity index (χ2v) is 6.60. The maximum absolute atomic E-state index is 12.2. The van der Waals surface area contributed by atoms with Crippen molar-refractivity contribution in [2.24, 2.45) is 0 Å². The molecule has 1 amide bonds. The number of nitrogens with one attached hydrogen (secondary N) is 1. The standard InChI is InChI=1S/C18H21NO3S/c1-4-8-14-11-16(23-13(14)3)18(21)22-12(2)17(20)19-15-9-6-5-7-10-15/h5-7,9-12H,4,8H2,1-3H3,(H,19,20)/t12-/m1/s1. The average molecular weight is 331 g/mol. The van der Waals surface area contributed by atoms with Gasteiger partial charge in [-0.3, -0.25) is 4.79 Å². The fraction of sp³-hybridized carbons (Fsp3) is 0.333. The van der Waals surface area contributed by atoms with E-state index in [1.165, 1.54) is 16.9 Å². The fourth-order valence-electron chi connectivity index (χ4n) is 2.18. The lowest BCUT2D eigenvalue weighted by molar-refractivity contribution is -0.123. The van der Waals surface area contributed by atoms with Crippen molar-refractivity contribution in [3.05, 3.63) is 51.7 Å². The first-order valence-corrected chi connectivity index (χ1v) is 8.49. The quantitative estimate of drug-likeness (QED) is 0.807. The highest BCUT2D eigenvalue weighted by molar-refractivity contribution is 7.14. The Bertz CT molecular complexity index is 679. The van der Waals surface area contributed by atoms with E-state index >= 15 is 0 Å². The van der Waals surface area contributed by atoms with Crippen LogP contribution >= 0.6 is 11.3 Å². The Morgan fingerprint density at radius 1 is 1.26 bits per heavy atom. The molecule has 1 atom stereocenters. The second-order valence-electron chi connectivity index (χ2n) is 5.34. The summed E-state index contributed by atoms with van der Waals surface area (Å²) in [5.41, 5.74) is 1.85. The number of hydrogen-bond donors (Lipinski definition) is 1. The van der Waals surface area contributed by atoms with Crippen molar-refractivity contribution in [1.29, 1.82) is 0 Å². The van der Waals surface area contributed by atoms with Gasteiger partial charge in [-0.2, -0.15) is 0 Å². The molecule has 1 heterocycles. The molecule has 122 valence electrons. The van der Waals surface area contributed by atoms with Gasteiger partial charge < -0.3 is 10.1 Å². The van der Waals surface area contributed by atoms with Crippen LogP contribution in [0.5, 0.6) is 0 Å². The summed E-state index contributed by atoms with van der Waals surface area (Å²) in [5, 5.41) is 2.72. The minimum atomic E-state index is -0.847. The minimum Gasteiger partial charge on any atom is -0.448 e. The smallest absolute Gasteiger partial charge is 0.349 e. The van der Waals surface area contributed by atoms with Crippen molar-refractivity contribution in [2.45, 2.75) is 39.7 Å². The van der Waals surface area contributed by atoms with Crippen LogP contribution in [0, 0.1) is 6.92 Å². The molecule has 0 aliphatic rings. The highest BCUT2D eigenvalue weighted by Crippen LogP contribution is 2.24. The summed E-state index contributed by atoms with van der Waals surface area (Å²) in [4.78, 5) is 25.9. The minimum absolute atomic E-state index is 0.341. The lowest BCUT2D eigenvalue weighted by atomic mass is 10.1. The van der Waals surface area contributed by atoms with Crippen LogP contribution in [-0.2, 0) is 16.0 Å². The molecule has 0 saturated heterocycles. The molecule has 0 saturated carbocycles. The number of esters is 1. The van der Waals surface area contributed by atoms with Crippen LogP contribution in [0.3, 0.4) is 0 Å². The largest absolute Gasteiger partial charge is 0.448 e. The number of carbonyl (C=O) groups excluding carboxylic acids is 2. The summed E-state index contributed by atoms with van der Waals surface area (Å²) in [6, 6.07) is 11.0. The van der Waals surface area contributed by atoms with E-state index in [0.717, 1.165) is 17.7 Å². The molecule has 0 fully saturated rings. The van der Waals surface area contributed by atoms with Crippen molar-refractivity contribution in [3.63, 3.8) is 0 Å². The molecular weight excluding hydrogens is 310 g/mol. The summed E-state index contributed by atoms with van der Waals surface area (Å²) in [7, 11) is 0. The van der Waals surface area contributed by atoms with Gasteiger partial charge in [-0.1, -0.05) is 31.5 Å². The van der Waals surface area contributed by atoms with E-state index in [4.69, 9.17) is 4.74 Å². The van der Waals surface area contributed by atoms with Gasteiger partial charge in [0.05, 0.1) is 0 Å². The third kappa shape index (κ3) is 4.66. The van der Waals surface area contributed by atoms with Gasteiger partial charge >= 0.3 is 5.97 Å². The maximum Gasteiger partial charge on any atom is 0.349 e. The summed E-state index contributed by atoms with van der Waals surface area (Å²) >= 11 is 1.41. The van der Waals surface area contributed by atoms with Crippen molar-refractivity contribution in [3.8, 4) is 0 Å². The monoisotopic (exact) mass is 331 g/mol. The van der Waals surface area contributed by atoms with Gasteiger partial charge in [0.1, 0.15) is 4.88 Å². The van der Waals surface area contributed by atoms with Gasteiger partial charge in [-0.15, -0.1) is 11.3 Å². The molecule has 1 N–H and O–H groups in total. The van der Waals surface area contributed by atoms with Gasteiger partial charge in [-0.05, 0) is 44.0 Å². The van der Waals surface area contributed by atoms with Crippen LogP contribution in [-0.4, -0.2) is 18.0 Å². The predicted molar refractivity (Wildman–Crippen MR) is 93.0 cm³/mol. The van der Waals surface area contributed by atoms with Gasteiger partial charge in [0.25, 0.3) is 5.91 Å². The number of para-hydroxylation sites is 1. The number of benzene rings is 1. The van der Waals surface area contributed by atoms with E-state index in [1.54, 1.807) is 19.1 Å². The molecule has 1 aromatic heterocycles. The van der Waals surface area contributed by atoms with Crippen LogP contribution in [0.15, 0.2) is 36.4 Å². The van der Waals surface area contributed by atoms with Gasteiger partial charge in [-0.25, -0.2) is 4.79 Å². The fourth-order valence-corrected chi connectivity index (χ4v) is 3.13. The zero-order valence-corrected chi connectivity index (χ0v) is 14.4. The summed E-state index contributed by atoms with van der Waals surface area (Å²) < 4.78 is 5.28. The number of thiophene rings is 1. The lowest BCUT2D eigenvalue weighted by Crippen LogP contribution is -2.29. The molecule has 0 aliphatic heterocycles. The van der Waals surface area contributed by atoms with E-state index < -0.39 is 12.1 Å². The van der Waals surface area contributed by atoms with E-state index in [9.17, 15) is 9.59 Å². The Morgan fingerprint density at radius 3 is 2.61 bits per heavy atom. The number of anilines is 1. The molecule has 0 bridgehead atoms. The number of hydrogen-bond acceptors (Lipinski definition) is 4. The molecule has 4 nitrogen and oxygen atoms in total. The van der Waals surface area contributed by atoms with E-state index in [1.807, 2.05) is 31.2 Å². The first-order valence-electron chi connectivity index (χ1n) is 7.67. The molecular formula is C18H21NO3S. The van der Waals surface area contributed by atoms with Crippen LogP contribution < -0.4 is 5.32 Å². The highest BCUT2D eigenvalue weighted by Gasteiger charge is 2.21. The summed E-state index contributed by atoms with van der Waals surface area (Å²) in [5.74, 6) is -0.789. The zero-order valence-electron chi connectivity index (χ0n) is 13.6. The van der Waals surface area contributed by atoms with Crippen molar-refractivity contribution in [1.82, 2.24) is 0 Å². The Morgan fingerprint density at radius 2 is 1.96 bits per heavy atom. The Labute approximate surface area is 140 Å². The normalized spacial score (nSPS) is 11.8.